The van der Waals surface area contributed by atoms with Gasteiger partial charge in [-0.15, -0.1) is 0 Å². The van der Waals surface area contributed by atoms with E-state index in [9.17, 15) is 0 Å². The summed E-state index contributed by atoms with van der Waals surface area (Å²) in [5.41, 5.74) is 0.980. The summed E-state index contributed by atoms with van der Waals surface area (Å²) >= 11 is 0. The zero-order chi connectivity index (χ0) is 13.7. The molecule has 0 atom stereocenters. The third-order valence-electron chi connectivity index (χ3n) is 3.30. The van der Waals surface area contributed by atoms with E-state index in [0.29, 0.717) is 0 Å². The molecular weight excluding hydrogens is 242 g/mol. The van der Waals surface area contributed by atoms with Gasteiger partial charge in [-0.25, -0.2) is 4.98 Å². The Balaban J connectivity index is 2.18. The van der Waals surface area contributed by atoms with E-state index < -0.39 is 0 Å². The molecule has 1 aliphatic rings. The van der Waals surface area contributed by atoms with Gasteiger partial charge in [-0.1, -0.05) is 6.92 Å². The van der Waals surface area contributed by atoms with E-state index in [-0.39, 0.29) is 6.10 Å². The number of hydrogen-bond donors (Lipinski definition) is 1. The van der Waals surface area contributed by atoms with Crippen LogP contribution in [0.15, 0.2) is 0 Å². The lowest BCUT2D eigenvalue weighted by Gasteiger charge is -2.24. The minimum Gasteiger partial charge on any atom is -0.474 e. The van der Waals surface area contributed by atoms with Gasteiger partial charge in [0.05, 0.1) is 18.8 Å². The molecule has 0 amide bonds. The first kappa shape index (κ1) is 14.1. The highest BCUT2D eigenvalue weighted by Gasteiger charge is 2.19. The summed E-state index contributed by atoms with van der Waals surface area (Å²) < 4.78 is 11.4. The largest absolute Gasteiger partial charge is 0.474 e. The Morgan fingerprint density at radius 1 is 1.32 bits per heavy atom. The lowest BCUT2D eigenvalue weighted by atomic mass is 10.1. The van der Waals surface area contributed by atoms with E-state index in [2.05, 4.69) is 22.2 Å². The molecular formula is C14H23N3O2. The molecule has 1 saturated heterocycles. The molecule has 0 radical (unpaired) electrons. The molecule has 1 aliphatic heterocycles. The highest BCUT2D eigenvalue weighted by Crippen LogP contribution is 2.25. The maximum absolute atomic E-state index is 6.04. The maximum Gasteiger partial charge on any atom is 0.222 e. The molecule has 1 fully saturated rings. The van der Waals surface area contributed by atoms with E-state index in [0.717, 1.165) is 62.0 Å². The minimum atomic E-state index is 0.210. The van der Waals surface area contributed by atoms with Crippen LogP contribution in [0.4, 0.5) is 5.82 Å². The van der Waals surface area contributed by atoms with Gasteiger partial charge in [0.15, 0.2) is 0 Å². The normalized spacial score (nSPS) is 16.4. The van der Waals surface area contributed by atoms with Crippen LogP contribution in [0.3, 0.4) is 0 Å². The fraction of sp³-hybridized carbons (Fsp3) is 0.714. The summed E-state index contributed by atoms with van der Waals surface area (Å²) in [6.45, 7) is 5.67. The second kappa shape index (κ2) is 6.70. The topological polar surface area (TPSA) is 56.3 Å². The van der Waals surface area contributed by atoms with Crippen molar-refractivity contribution in [2.45, 2.75) is 45.6 Å². The van der Waals surface area contributed by atoms with Crippen LogP contribution in [-0.4, -0.2) is 36.3 Å². The summed E-state index contributed by atoms with van der Waals surface area (Å²) in [4.78, 5) is 9.06. The third-order valence-corrected chi connectivity index (χ3v) is 3.30. The molecule has 1 aromatic rings. The van der Waals surface area contributed by atoms with Gasteiger partial charge in [-0.3, -0.25) is 0 Å². The third kappa shape index (κ3) is 3.56. The number of anilines is 1. The van der Waals surface area contributed by atoms with Crippen molar-refractivity contribution in [3.63, 3.8) is 0 Å². The lowest BCUT2D eigenvalue weighted by Crippen LogP contribution is -2.26. The van der Waals surface area contributed by atoms with Crippen molar-refractivity contribution < 1.29 is 9.47 Å². The molecule has 0 spiro atoms. The van der Waals surface area contributed by atoms with Crippen molar-refractivity contribution in [1.29, 1.82) is 0 Å². The van der Waals surface area contributed by atoms with Gasteiger partial charge in [0.2, 0.25) is 5.88 Å². The zero-order valence-electron chi connectivity index (χ0n) is 12.0. The summed E-state index contributed by atoms with van der Waals surface area (Å²) in [7, 11) is 1.88. The van der Waals surface area contributed by atoms with Gasteiger partial charge in [0, 0.05) is 26.3 Å². The Morgan fingerprint density at radius 3 is 2.68 bits per heavy atom. The van der Waals surface area contributed by atoms with Gasteiger partial charge < -0.3 is 14.8 Å². The fourth-order valence-corrected chi connectivity index (χ4v) is 2.19. The molecule has 2 heterocycles. The van der Waals surface area contributed by atoms with Crippen molar-refractivity contribution in [1.82, 2.24) is 9.97 Å². The quantitative estimate of drug-likeness (QED) is 0.885. The van der Waals surface area contributed by atoms with Crippen molar-refractivity contribution in [3.8, 4) is 5.88 Å². The van der Waals surface area contributed by atoms with Gasteiger partial charge in [-0.05, 0) is 13.3 Å². The molecule has 5 nitrogen and oxygen atoms in total. The van der Waals surface area contributed by atoms with E-state index in [1.54, 1.807) is 0 Å². The molecule has 0 aromatic carbocycles. The molecule has 5 heteroatoms. The second-order valence-electron chi connectivity index (χ2n) is 4.85. The van der Waals surface area contributed by atoms with Crippen LogP contribution in [0.25, 0.3) is 0 Å². The highest BCUT2D eigenvalue weighted by atomic mass is 16.5. The monoisotopic (exact) mass is 265 g/mol. The van der Waals surface area contributed by atoms with E-state index in [4.69, 9.17) is 9.47 Å². The standard InChI is InChI=1S/C14H23N3O2/c1-4-5-12-16-13(15-3)10(2)14(17-12)19-11-6-8-18-9-7-11/h11H,4-9H2,1-3H3,(H,15,16,17). The highest BCUT2D eigenvalue weighted by molar-refractivity contribution is 5.48. The second-order valence-corrected chi connectivity index (χ2v) is 4.85. The van der Waals surface area contributed by atoms with Crippen molar-refractivity contribution >= 4 is 5.82 Å². The van der Waals surface area contributed by atoms with Crippen molar-refractivity contribution in [2.75, 3.05) is 25.6 Å². The first-order valence-corrected chi connectivity index (χ1v) is 7.04. The molecule has 1 aromatic heterocycles. The van der Waals surface area contributed by atoms with Gasteiger partial charge in [0.25, 0.3) is 0 Å². The average molecular weight is 265 g/mol. The van der Waals surface area contributed by atoms with Crippen LogP contribution >= 0.6 is 0 Å². The summed E-state index contributed by atoms with van der Waals surface area (Å²) in [5, 5.41) is 3.12. The summed E-state index contributed by atoms with van der Waals surface area (Å²) in [5.74, 6) is 2.43. The number of hydrogen-bond acceptors (Lipinski definition) is 5. The Kier molecular flexibility index (Phi) is 4.96. The van der Waals surface area contributed by atoms with Crippen LogP contribution in [-0.2, 0) is 11.2 Å². The van der Waals surface area contributed by atoms with Crippen molar-refractivity contribution in [2.24, 2.45) is 0 Å². The molecule has 0 saturated carbocycles. The summed E-state index contributed by atoms with van der Waals surface area (Å²) in [6.07, 6.45) is 3.98. The summed E-state index contributed by atoms with van der Waals surface area (Å²) in [6, 6.07) is 0. The first-order chi connectivity index (χ1) is 9.24. The smallest absolute Gasteiger partial charge is 0.222 e. The van der Waals surface area contributed by atoms with Gasteiger partial charge in [-0.2, -0.15) is 4.98 Å². The number of rotatable bonds is 5. The van der Waals surface area contributed by atoms with E-state index in [1.165, 1.54) is 0 Å². The number of aromatic nitrogens is 2. The fourth-order valence-electron chi connectivity index (χ4n) is 2.19. The molecule has 19 heavy (non-hydrogen) atoms. The average Bonchev–Trinajstić information content (AvgIpc) is 2.43. The van der Waals surface area contributed by atoms with Crippen LogP contribution in [0.5, 0.6) is 5.88 Å². The van der Waals surface area contributed by atoms with Crippen LogP contribution < -0.4 is 10.1 Å². The van der Waals surface area contributed by atoms with Gasteiger partial charge in [0.1, 0.15) is 17.7 Å². The lowest BCUT2D eigenvalue weighted by molar-refractivity contribution is 0.0233. The van der Waals surface area contributed by atoms with E-state index >= 15 is 0 Å². The predicted octanol–water partition coefficient (Wildman–Crippen LogP) is 2.34. The maximum atomic E-state index is 6.04. The first-order valence-electron chi connectivity index (χ1n) is 7.04. The van der Waals surface area contributed by atoms with Crippen LogP contribution in [0.1, 0.15) is 37.6 Å². The van der Waals surface area contributed by atoms with Gasteiger partial charge >= 0.3 is 0 Å². The molecule has 2 rings (SSSR count). The molecule has 0 aliphatic carbocycles. The van der Waals surface area contributed by atoms with Crippen LogP contribution in [0, 0.1) is 6.92 Å². The Morgan fingerprint density at radius 2 is 2.05 bits per heavy atom. The molecule has 0 unspecified atom stereocenters. The van der Waals surface area contributed by atoms with Crippen LogP contribution in [0.2, 0.25) is 0 Å². The number of aryl methyl sites for hydroxylation is 1. The Hall–Kier alpha value is -1.36. The predicted molar refractivity (Wildman–Crippen MR) is 74.8 cm³/mol. The zero-order valence-corrected chi connectivity index (χ0v) is 12.0. The molecule has 0 bridgehead atoms. The van der Waals surface area contributed by atoms with Crippen molar-refractivity contribution in [3.05, 3.63) is 11.4 Å². The SMILES string of the molecule is CCCc1nc(NC)c(C)c(OC2CCOCC2)n1. The Bertz CT molecular complexity index is 417. The molecule has 1 N–H and O–H groups in total. The number of nitrogens with zero attached hydrogens (tertiary/aromatic N) is 2. The minimum absolute atomic E-state index is 0.210. The number of nitrogens with one attached hydrogen (secondary N) is 1. The number of ether oxygens (including phenoxy) is 2. The molecule has 106 valence electrons. The van der Waals surface area contributed by atoms with E-state index in [1.807, 2.05) is 14.0 Å². The Labute approximate surface area is 114 Å².